The highest BCUT2D eigenvalue weighted by atomic mass is 35.5. The molecule has 0 bridgehead atoms. The maximum Gasteiger partial charge on any atom is 0.146 e. The molecule has 1 N–H and O–H groups in total. The maximum atomic E-state index is 6.36. The van der Waals surface area contributed by atoms with Gasteiger partial charge in [0.2, 0.25) is 0 Å². The second-order valence-corrected chi connectivity index (χ2v) is 5.40. The molecule has 0 saturated carbocycles. The van der Waals surface area contributed by atoms with Crippen molar-refractivity contribution in [2.45, 2.75) is 39.7 Å². The maximum absolute atomic E-state index is 6.36. The van der Waals surface area contributed by atoms with Crippen LogP contribution < -0.4 is 14.8 Å². The zero-order chi connectivity index (χ0) is 15.1. The topological polar surface area (TPSA) is 30.5 Å². The molecular formula is C16H26ClNO2. The van der Waals surface area contributed by atoms with Gasteiger partial charge in [-0.1, -0.05) is 38.8 Å². The van der Waals surface area contributed by atoms with E-state index in [1.54, 1.807) is 14.2 Å². The van der Waals surface area contributed by atoms with Crippen molar-refractivity contribution >= 4 is 11.6 Å². The summed E-state index contributed by atoms with van der Waals surface area (Å²) in [4.78, 5) is 0. The van der Waals surface area contributed by atoms with E-state index < -0.39 is 0 Å². The van der Waals surface area contributed by atoms with Gasteiger partial charge in [0.25, 0.3) is 0 Å². The van der Waals surface area contributed by atoms with Crippen molar-refractivity contribution in [1.29, 1.82) is 0 Å². The van der Waals surface area contributed by atoms with Crippen molar-refractivity contribution in [1.82, 2.24) is 5.32 Å². The summed E-state index contributed by atoms with van der Waals surface area (Å²) >= 11 is 6.36. The van der Waals surface area contributed by atoms with Gasteiger partial charge < -0.3 is 14.8 Å². The Hall–Kier alpha value is -0.930. The summed E-state index contributed by atoms with van der Waals surface area (Å²) in [5, 5.41) is 4.14. The van der Waals surface area contributed by atoms with E-state index in [2.05, 4.69) is 26.1 Å². The van der Waals surface area contributed by atoms with E-state index in [0.29, 0.717) is 22.4 Å². The standard InChI is InChI=1S/C16H26ClNO2/c1-6-10-18-15(11(3)7-2)12-8-9-13(19-4)14(17)16(12)20-5/h8-9,11,15,18H,6-7,10H2,1-5H3. The summed E-state index contributed by atoms with van der Waals surface area (Å²) < 4.78 is 10.8. The first kappa shape index (κ1) is 17.1. The second kappa shape index (κ2) is 8.38. The highest BCUT2D eigenvalue weighted by Gasteiger charge is 2.23. The largest absolute Gasteiger partial charge is 0.495 e. The van der Waals surface area contributed by atoms with Gasteiger partial charge in [-0.2, -0.15) is 0 Å². The van der Waals surface area contributed by atoms with Crippen molar-refractivity contribution in [2.75, 3.05) is 20.8 Å². The van der Waals surface area contributed by atoms with E-state index in [0.717, 1.165) is 24.9 Å². The Morgan fingerprint density at radius 3 is 2.40 bits per heavy atom. The first-order valence-electron chi connectivity index (χ1n) is 7.24. The SMILES string of the molecule is CCCNC(c1ccc(OC)c(Cl)c1OC)C(C)CC. The zero-order valence-corrected chi connectivity index (χ0v) is 13.9. The van der Waals surface area contributed by atoms with Crippen LogP contribution in [0.3, 0.4) is 0 Å². The minimum Gasteiger partial charge on any atom is -0.495 e. The fourth-order valence-electron chi connectivity index (χ4n) is 2.32. The van der Waals surface area contributed by atoms with Crippen LogP contribution in [0.25, 0.3) is 0 Å². The monoisotopic (exact) mass is 299 g/mol. The average molecular weight is 300 g/mol. The number of rotatable bonds is 8. The second-order valence-electron chi connectivity index (χ2n) is 5.02. The lowest BCUT2D eigenvalue weighted by Crippen LogP contribution is -2.28. The van der Waals surface area contributed by atoms with Crippen LogP contribution in [0.1, 0.15) is 45.2 Å². The summed E-state index contributed by atoms with van der Waals surface area (Å²) in [7, 11) is 3.26. The van der Waals surface area contributed by atoms with Crippen molar-refractivity contribution in [2.24, 2.45) is 5.92 Å². The molecule has 1 aromatic carbocycles. The van der Waals surface area contributed by atoms with E-state index >= 15 is 0 Å². The number of halogens is 1. The van der Waals surface area contributed by atoms with Gasteiger partial charge in [-0.25, -0.2) is 0 Å². The molecule has 20 heavy (non-hydrogen) atoms. The van der Waals surface area contributed by atoms with E-state index in [-0.39, 0.29) is 6.04 Å². The Morgan fingerprint density at radius 1 is 1.20 bits per heavy atom. The van der Waals surface area contributed by atoms with Gasteiger partial charge >= 0.3 is 0 Å². The van der Waals surface area contributed by atoms with Crippen LogP contribution in [-0.2, 0) is 0 Å². The van der Waals surface area contributed by atoms with Gasteiger partial charge in [-0.3, -0.25) is 0 Å². The van der Waals surface area contributed by atoms with E-state index in [1.807, 2.05) is 12.1 Å². The van der Waals surface area contributed by atoms with Crippen LogP contribution >= 0.6 is 11.6 Å². The molecule has 0 aliphatic heterocycles. The fourth-order valence-corrected chi connectivity index (χ4v) is 2.64. The Labute approximate surface area is 127 Å². The molecule has 2 atom stereocenters. The number of ether oxygens (including phenoxy) is 2. The lowest BCUT2D eigenvalue weighted by Gasteiger charge is -2.27. The average Bonchev–Trinajstić information content (AvgIpc) is 2.47. The highest BCUT2D eigenvalue weighted by Crippen LogP contribution is 2.41. The summed E-state index contributed by atoms with van der Waals surface area (Å²) in [6.07, 6.45) is 2.19. The van der Waals surface area contributed by atoms with Crippen molar-refractivity contribution in [3.8, 4) is 11.5 Å². The first-order valence-corrected chi connectivity index (χ1v) is 7.62. The molecule has 0 saturated heterocycles. The minimum atomic E-state index is 0.235. The molecule has 1 rings (SSSR count). The molecule has 0 aliphatic rings. The van der Waals surface area contributed by atoms with Gasteiger partial charge in [-0.15, -0.1) is 0 Å². The molecule has 4 heteroatoms. The lowest BCUT2D eigenvalue weighted by atomic mass is 9.91. The van der Waals surface area contributed by atoms with E-state index in [4.69, 9.17) is 21.1 Å². The number of benzene rings is 1. The van der Waals surface area contributed by atoms with Crippen molar-refractivity contribution in [3.05, 3.63) is 22.7 Å². The van der Waals surface area contributed by atoms with Gasteiger partial charge in [0.05, 0.1) is 14.2 Å². The number of methoxy groups -OCH3 is 2. The molecule has 0 aromatic heterocycles. The number of hydrogen-bond acceptors (Lipinski definition) is 3. The van der Waals surface area contributed by atoms with Crippen LogP contribution in [0.2, 0.25) is 5.02 Å². The number of nitrogens with one attached hydrogen (secondary N) is 1. The third-order valence-electron chi connectivity index (χ3n) is 3.68. The van der Waals surface area contributed by atoms with Gasteiger partial charge in [0.1, 0.15) is 16.5 Å². The Balaban J connectivity index is 3.21. The molecule has 114 valence electrons. The third-order valence-corrected chi connectivity index (χ3v) is 4.04. The Bertz CT molecular complexity index is 423. The summed E-state index contributed by atoms with van der Waals surface area (Å²) in [5.74, 6) is 1.85. The number of hydrogen-bond donors (Lipinski definition) is 1. The zero-order valence-electron chi connectivity index (χ0n) is 13.1. The third kappa shape index (κ3) is 3.80. The lowest BCUT2D eigenvalue weighted by molar-refractivity contribution is 0.348. The molecule has 3 nitrogen and oxygen atoms in total. The molecule has 0 heterocycles. The van der Waals surface area contributed by atoms with Crippen LogP contribution in [0.5, 0.6) is 11.5 Å². The molecular weight excluding hydrogens is 274 g/mol. The molecule has 0 fully saturated rings. The van der Waals surface area contributed by atoms with Gasteiger partial charge in [0.15, 0.2) is 0 Å². The highest BCUT2D eigenvalue weighted by molar-refractivity contribution is 6.33. The summed E-state index contributed by atoms with van der Waals surface area (Å²) in [5.41, 5.74) is 1.10. The summed E-state index contributed by atoms with van der Waals surface area (Å²) in [6, 6.07) is 4.19. The van der Waals surface area contributed by atoms with Gasteiger partial charge in [-0.05, 0) is 31.0 Å². The Kier molecular flexibility index (Phi) is 7.17. The van der Waals surface area contributed by atoms with Gasteiger partial charge in [0, 0.05) is 11.6 Å². The molecule has 1 aromatic rings. The molecule has 0 aliphatic carbocycles. The van der Waals surface area contributed by atoms with Crippen molar-refractivity contribution in [3.63, 3.8) is 0 Å². The predicted molar refractivity (Wildman–Crippen MR) is 85.0 cm³/mol. The normalized spacial score (nSPS) is 13.9. The molecule has 0 radical (unpaired) electrons. The quantitative estimate of drug-likeness (QED) is 0.769. The molecule has 0 amide bonds. The van der Waals surface area contributed by atoms with Crippen LogP contribution in [0.4, 0.5) is 0 Å². The van der Waals surface area contributed by atoms with Crippen LogP contribution in [0.15, 0.2) is 12.1 Å². The first-order chi connectivity index (χ1) is 9.60. The smallest absolute Gasteiger partial charge is 0.146 e. The van der Waals surface area contributed by atoms with E-state index in [1.165, 1.54) is 0 Å². The summed E-state index contributed by atoms with van der Waals surface area (Å²) in [6.45, 7) is 7.58. The fraction of sp³-hybridized carbons (Fsp3) is 0.625. The van der Waals surface area contributed by atoms with Crippen molar-refractivity contribution < 1.29 is 9.47 Å². The van der Waals surface area contributed by atoms with E-state index in [9.17, 15) is 0 Å². The van der Waals surface area contributed by atoms with Crippen LogP contribution in [-0.4, -0.2) is 20.8 Å². The molecule has 0 spiro atoms. The Morgan fingerprint density at radius 2 is 1.90 bits per heavy atom. The minimum absolute atomic E-state index is 0.235. The van der Waals surface area contributed by atoms with Crippen LogP contribution in [0, 0.1) is 5.92 Å². The predicted octanol–water partition coefficient (Wildman–Crippen LogP) is 4.44. The molecule has 2 unspecified atom stereocenters.